The molecule has 0 N–H and O–H groups in total. The number of fused-ring (bicyclic) bond motifs is 1. The van der Waals surface area contributed by atoms with Crippen LogP contribution in [-0.2, 0) is 19.4 Å². The van der Waals surface area contributed by atoms with E-state index in [9.17, 15) is 10.1 Å². The van der Waals surface area contributed by atoms with E-state index in [-0.39, 0.29) is 10.6 Å². The SMILES string of the molecule is CN(C)CCCn1c(-c2ccc([N+](=O)[O-])cc2)nc(=S)c2c1CCCC2. The lowest BCUT2D eigenvalue weighted by Crippen LogP contribution is -2.21. The van der Waals surface area contributed by atoms with Crippen molar-refractivity contribution in [1.82, 2.24) is 14.5 Å². The summed E-state index contributed by atoms with van der Waals surface area (Å²) in [7, 11) is 4.14. The average molecular weight is 372 g/mol. The van der Waals surface area contributed by atoms with E-state index in [1.54, 1.807) is 12.1 Å². The minimum Gasteiger partial charge on any atom is -0.329 e. The molecular formula is C19H24N4O2S. The smallest absolute Gasteiger partial charge is 0.269 e. The second kappa shape index (κ2) is 8.05. The van der Waals surface area contributed by atoms with Crippen molar-refractivity contribution >= 4 is 17.9 Å². The van der Waals surface area contributed by atoms with Gasteiger partial charge in [-0.25, -0.2) is 4.98 Å². The summed E-state index contributed by atoms with van der Waals surface area (Å²) in [5.41, 5.74) is 3.47. The van der Waals surface area contributed by atoms with Gasteiger partial charge in [-0.05, 0) is 64.9 Å². The molecule has 0 bridgehead atoms. The lowest BCUT2D eigenvalue weighted by Gasteiger charge is -2.25. The highest BCUT2D eigenvalue weighted by Gasteiger charge is 2.19. The minimum absolute atomic E-state index is 0.0875. The maximum Gasteiger partial charge on any atom is 0.269 e. The molecule has 0 radical (unpaired) electrons. The van der Waals surface area contributed by atoms with Crippen LogP contribution in [0.3, 0.4) is 0 Å². The molecule has 7 heteroatoms. The number of nitro groups is 1. The number of hydrogen-bond donors (Lipinski definition) is 0. The Morgan fingerprint density at radius 2 is 1.92 bits per heavy atom. The van der Waals surface area contributed by atoms with Crippen LogP contribution in [0.25, 0.3) is 11.4 Å². The topological polar surface area (TPSA) is 64.2 Å². The van der Waals surface area contributed by atoms with E-state index >= 15 is 0 Å². The maximum absolute atomic E-state index is 10.9. The molecule has 1 aliphatic rings. The Kier molecular flexibility index (Phi) is 5.78. The molecule has 26 heavy (non-hydrogen) atoms. The Morgan fingerprint density at radius 1 is 1.23 bits per heavy atom. The second-order valence-corrected chi connectivity index (χ2v) is 7.37. The summed E-state index contributed by atoms with van der Waals surface area (Å²) < 4.78 is 2.96. The first-order valence-electron chi connectivity index (χ1n) is 8.99. The lowest BCUT2D eigenvalue weighted by molar-refractivity contribution is -0.384. The largest absolute Gasteiger partial charge is 0.329 e. The predicted octanol–water partition coefficient (Wildman–Crippen LogP) is 4.02. The van der Waals surface area contributed by atoms with Gasteiger partial charge in [-0.15, -0.1) is 0 Å². The van der Waals surface area contributed by atoms with Gasteiger partial charge in [-0.3, -0.25) is 10.1 Å². The summed E-state index contributed by atoms with van der Waals surface area (Å²) in [6, 6.07) is 6.60. The van der Waals surface area contributed by atoms with E-state index in [0.717, 1.165) is 50.2 Å². The quantitative estimate of drug-likeness (QED) is 0.435. The number of nitro benzene ring substituents is 1. The molecule has 2 aromatic rings. The van der Waals surface area contributed by atoms with E-state index in [2.05, 4.69) is 23.6 Å². The van der Waals surface area contributed by atoms with Crippen LogP contribution in [-0.4, -0.2) is 40.0 Å². The number of non-ortho nitro benzene ring substituents is 1. The summed E-state index contributed by atoms with van der Waals surface area (Å²) in [6.07, 6.45) is 5.35. The van der Waals surface area contributed by atoms with Crippen LogP contribution in [0.2, 0.25) is 0 Å². The van der Waals surface area contributed by atoms with Gasteiger partial charge in [0.1, 0.15) is 10.5 Å². The summed E-state index contributed by atoms with van der Waals surface area (Å²) >= 11 is 5.57. The Labute approximate surface area is 158 Å². The third-order valence-corrected chi connectivity index (χ3v) is 5.15. The lowest BCUT2D eigenvalue weighted by atomic mass is 9.96. The maximum atomic E-state index is 10.9. The van der Waals surface area contributed by atoms with Gasteiger partial charge in [0.05, 0.1) is 4.92 Å². The van der Waals surface area contributed by atoms with Crippen LogP contribution in [0.15, 0.2) is 24.3 Å². The van der Waals surface area contributed by atoms with Crippen molar-refractivity contribution in [3.63, 3.8) is 0 Å². The summed E-state index contributed by atoms with van der Waals surface area (Å²) in [5, 5.41) is 10.9. The zero-order valence-corrected chi connectivity index (χ0v) is 16.1. The standard InChI is InChI=1S/C19H24N4O2S/c1-21(2)12-5-13-22-17-7-4-3-6-16(17)19(26)20-18(22)14-8-10-15(11-9-14)23(24)25/h8-11H,3-7,12-13H2,1-2H3. The summed E-state index contributed by atoms with van der Waals surface area (Å²) in [4.78, 5) is 17.4. The second-order valence-electron chi connectivity index (χ2n) is 6.99. The molecule has 1 heterocycles. The summed E-state index contributed by atoms with van der Waals surface area (Å²) in [6.45, 7) is 1.87. The van der Waals surface area contributed by atoms with E-state index in [0.29, 0.717) is 4.64 Å². The van der Waals surface area contributed by atoms with E-state index in [4.69, 9.17) is 17.2 Å². The molecule has 0 fully saturated rings. The van der Waals surface area contributed by atoms with Gasteiger partial charge in [0.25, 0.3) is 5.69 Å². The third kappa shape index (κ3) is 3.99. The molecule has 0 spiro atoms. The Morgan fingerprint density at radius 3 is 2.58 bits per heavy atom. The van der Waals surface area contributed by atoms with Gasteiger partial charge in [0.2, 0.25) is 0 Å². The molecule has 0 atom stereocenters. The molecule has 1 aromatic carbocycles. The van der Waals surface area contributed by atoms with E-state index < -0.39 is 0 Å². The Hall–Kier alpha value is -2.12. The van der Waals surface area contributed by atoms with Gasteiger partial charge in [0, 0.05) is 35.5 Å². The first kappa shape index (κ1) is 18.7. The molecule has 1 aliphatic carbocycles. The highest BCUT2D eigenvalue weighted by Crippen LogP contribution is 2.28. The van der Waals surface area contributed by atoms with Crippen molar-refractivity contribution in [3.05, 3.63) is 50.3 Å². The number of nitrogens with zero attached hydrogens (tertiary/aromatic N) is 4. The van der Waals surface area contributed by atoms with Gasteiger partial charge in [-0.1, -0.05) is 12.2 Å². The summed E-state index contributed by atoms with van der Waals surface area (Å²) in [5.74, 6) is 0.823. The Bertz CT molecular complexity index is 859. The van der Waals surface area contributed by atoms with Gasteiger partial charge >= 0.3 is 0 Å². The van der Waals surface area contributed by atoms with Crippen LogP contribution >= 0.6 is 12.2 Å². The zero-order valence-electron chi connectivity index (χ0n) is 15.3. The molecule has 3 rings (SSSR count). The molecule has 0 saturated carbocycles. The van der Waals surface area contributed by atoms with Crippen LogP contribution in [0.5, 0.6) is 0 Å². The van der Waals surface area contributed by atoms with Gasteiger partial charge < -0.3 is 9.47 Å². The monoisotopic (exact) mass is 372 g/mol. The first-order chi connectivity index (χ1) is 12.5. The van der Waals surface area contributed by atoms with E-state index in [1.165, 1.54) is 29.8 Å². The molecule has 1 aromatic heterocycles. The average Bonchev–Trinajstić information content (AvgIpc) is 2.63. The van der Waals surface area contributed by atoms with Crippen molar-refractivity contribution < 1.29 is 4.92 Å². The van der Waals surface area contributed by atoms with Crippen molar-refractivity contribution in [3.8, 4) is 11.4 Å². The number of hydrogen-bond acceptors (Lipinski definition) is 5. The van der Waals surface area contributed by atoms with Gasteiger partial charge in [-0.2, -0.15) is 0 Å². The fourth-order valence-electron chi connectivity index (χ4n) is 3.51. The molecular weight excluding hydrogens is 348 g/mol. The van der Waals surface area contributed by atoms with Crippen LogP contribution < -0.4 is 0 Å². The van der Waals surface area contributed by atoms with Gasteiger partial charge in [0.15, 0.2) is 0 Å². The molecule has 6 nitrogen and oxygen atoms in total. The molecule has 0 unspecified atom stereocenters. The van der Waals surface area contributed by atoms with Crippen molar-refractivity contribution in [1.29, 1.82) is 0 Å². The molecule has 138 valence electrons. The number of benzene rings is 1. The van der Waals surface area contributed by atoms with Crippen molar-refractivity contribution in [2.75, 3.05) is 20.6 Å². The van der Waals surface area contributed by atoms with Crippen LogP contribution in [0, 0.1) is 14.8 Å². The predicted molar refractivity (Wildman–Crippen MR) is 105 cm³/mol. The number of aromatic nitrogens is 2. The third-order valence-electron chi connectivity index (χ3n) is 4.81. The molecule has 0 saturated heterocycles. The number of rotatable bonds is 6. The normalized spacial score (nSPS) is 13.7. The van der Waals surface area contributed by atoms with Crippen molar-refractivity contribution in [2.45, 2.75) is 38.6 Å². The highest BCUT2D eigenvalue weighted by molar-refractivity contribution is 7.71. The zero-order chi connectivity index (χ0) is 18.7. The van der Waals surface area contributed by atoms with Crippen molar-refractivity contribution in [2.24, 2.45) is 0 Å². The highest BCUT2D eigenvalue weighted by atomic mass is 32.1. The fraction of sp³-hybridized carbons (Fsp3) is 0.474. The fourth-order valence-corrected chi connectivity index (χ4v) is 3.81. The Balaban J connectivity index is 2.06. The minimum atomic E-state index is -0.381. The molecule has 0 aliphatic heterocycles. The van der Waals surface area contributed by atoms with E-state index in [1.807, 2.05) is 0 Å². The first-order valence-corrected chi connectivity index (χ1v) is 9.40. The van der Waals surface area contributed by atoms with Crippen LogP contribution in [0.4, 0.5) is 5.69 Å². The molecule has 0 amide bonds. The van der Waals surface area contributed by atoms with Crippen LogP contribution in [0.1, 0.15) is 30.5 Å².